The van der Waals surface area contributed by atoms with Gasteiger partial charge in [0.15, 0.2) is 12.2 Å². The summed E-state index contributed by atoms with van der Waals surface area (Å²) >= 11 is 0. The van der Waals surface area contributed by atoms with Gasteiger partial charge in [-0.25, -0.2) is 9.13 Å². The fourth-order valence-corrected chi connectivity index (χ4v) is 11.9. The molecule has 0 amide bonds. The van der Waals surface area contributed by atoms with Gasteiger partial charge in [0.1, 0.15) is 19.3 Å². The Morgan fingerprint density at radius 3 is 0.807 bits per heavy atom. The predicted octanol–water partition coefficient (Wildman–Crippen LogP) is 19.3. The van der Waals surface area contributed by atoms with Crippen molar-refractivity contribution < 1.29 is 80.2 Å². The van der Waals surface area contributed by atoms with E-state index in [2.05, 4.69) is 55.4 Å². The van der Waals surface area contributed by atoms with Gasteiger partial charge in [0, 0.05) is 25.7 Å². The van der Waals surface area contributed by atoms with E-state index in [1.807, 2.05) is 0 Å². The molecule has 0 aromatic carbocycles. The van der Waals surface area contributed by atoms with E-state index in [1.165, 1.54) is 128 Å². The molecule has 0 radical (unpaired) electrons. The molecule has 88 heavy (non-hydrogen) atoms. The van der Waals surface area contributed by atoms with Gasteiger partial charge >= 0.3 is 39.5 Å². The Morgan fingerprint density at radius 1 is 0.318 bits per heavy atom. The van der Waals surface area contributed by atoms with Gasteiger partial charge in [0.05, 0.1) is 26.4 Å². The Kier molecular flexibility index (Phi) is 57.6. The van der Waals surface area contributed by atoms with Crippen molar-refractivity contribution in [1.82, 2.24) is 0 Å². The Hall–Kier alpha value is -1.94. The van der Waals surface area contributed by atoms with E-state index in [4.69, 9.17) is 37.0 Å². The monoisotopic (exact) mass is 1300 g/mol. The molecule has 0 saturated carbocycles. The first-order valence-corrected chi connectivity index (χ1v) is 38.7. The largest absolute Gasteiger partial charge is 0.472 e. The molecule has 6 atom stereocenters. The highest BCUT2D eigenvalue weighted by Crippen LogP contribution is 2.45. The van der Waals surface area contributed by atoms with Gasteiger partial charge in [-0.15, -0.1) is 0 Å². The van der Waals surface area contributed by atoms with Crippen molar-refractivity contribution in [2.75, 3.05) is 39.6 Å². The van der Waals surface area contributed by atoms with Crippen molar-refractivity contribution in [2.45, 2.75) is 356 Å². The summed E-state index contributed by atoms with van der Waals surface area (Å²) in [6, 6.07) is 0. The fourth-order valence-electron chi connectivity index (χ4n) is 10.3. The van der Waals surface area contributed by atoms with Crippen LogP contribution in [0.15, 0.2) is 0 Å². The highest BCUT2D eigenvalue weighted by molar-refractivity contribution is 7.47. The van der Waals surface area contributed by atoms with Gasteiger partial charge in [0.2, 0.25) is 0 Å². The number of aliphatic hydroxyl groups excluding tert-OH is 1. The lowest BCUT2D eigenvalue weighted by molar-refractivity contribution is -0.161. The van der Waals surface area contributed by atoms with Crippen LogP contribution in [0.3, 0.4) is 0 Å². The van der Waals surface area contributed by atoms with Crippen molar-refractivity contribution in [2.24, 2.45) is 23.7 Å². The van der Waals surface area contributed by atoms with Crippen molar-refractivity contribution in [3.8, 4) is 0 Å². The Morgan fingerprint density at radius 2 is 0.545 bits per heavy atom. The van der Waals surface area contributed by atoms with E-state index in [0.717, 1.165) is 115 Å². The molecule has 0 aromatic heterocycles. The number of hydrogen-bond donors (Lipinski definition) is 3. The summed E-state index contributed by atoms with van der Waals surface area (Å²) in [4.78, 5) is 72.4. The maximum atomic E-state index is 13.0. The van der Waals surface area contributed by atoms with E-state index < -0.39 is 97.5 Å². The van der Waals surface area contributed by atoms with Gasteiger partial charge in [-0.2, -0.15) is 0 Å². The molecule has 19 heteroatoms. The minimum absolute atomic E-state index is 0.103. The molecule has 0 rings (SSSR count). The molecular formula is C69H134O17P2. The molecule has 0 aliphatic carbocycles. The average molecular weight is 1300 g/mol. The zero-order valence-corrected chi connectivity index (χ0v) is 59.1. The van der Waals surface area contributed by atoms with Gasteiger partial charge in [-0.1, -0.05) is 287 Å². The topological polar surface area (TPSA) is 237 Å². The number of unbranched alkanes of at least 4 members (excludes halogenated alkanes) is 31. The predicted molar refractivity (Wildman–Crippen MR) is 354 cm³/mol. The molecule has 4 unspecified atom stereocenters. The molecule has 0 spiro atoms. The lowest BCUT2D eigenvalue weighted by Crippen LogP contribution is -2.30. The lowest BCUT2D eigenvalue weighted by Gasteiger charge is -2.21. The molecule has 522 valence electrons. The molecule has 0 saturated heterocycles. The van der Waals surface area contributed by atoms with Gasteiger partial charge in [-0.3, -0.25) is 37.3 Å². The van der Waals surface area contributed by atoms with Gasteiger partial charge in [0.25, 0.3) is 0 Å². The van der Waals surface area contributed by atoms with Crippen LogP contribution in [0.5, 0.6) is 0 Å². The minimum atomic E-state index is -4.95. The second-order valence-corrected chi connectivity index (χ2v) is 29.5. The smallest absolute Gasteiger partial charge is 0.462 e. The van der Waals surface area contributed by atoms with Crippen molar-refractivity contribution in [3.05, 3.63) is 0 Å². The van der Waals surface area contributed by atoms with Crippen LogP contribution in [0.4, 0.5) is 0 Å². The molecule has 17 nitrogen and oxygen atoms in total. The van der Waals surface area contributed by atoms with Crippen molar-refractivity contribution in [1.29, 1.82) is 0 Å². The van der Waals surface area contributed by atoms with Crippen molar-refractivity contribution in [3.63, 3.8) is 0 Å². The third-order valence-corrected chi connectivity index (χ3v) is 18.1. The summed E-state index contributed by atoms with van der Waals surface area (Å²) in [7, 11) is -9.90. The molecule has 0 aliphatic heterocycles. The van der Waals surface area contributed by atoms with Crippen LogP contribution in [0.25, 0.3) is 0 Å². The zero-order chi connectivity index (χ0) is 65.4. The maximum absolute atomic E-state index is 13.0. The van der Waals surface area contributed by atoms with Crippen LogP contribution in [-0.4, -0.2) is 96.7 Å². The lowest BCUT2D eigenvalue weighted by atomic mass is 9.99. The van der Waals surface area contributed by atoms with Crippen LogP contribution < -0.4 is 0 Å². The highest BCUT2D eigenvalue weighted by Gasteiger charge is 2.30. The number of esters is 4. The number of aliphatic hydroxyl groups is 1. The molecule has 0 aromatic rings. The molecule has 0 heterocycles. The van der Waals surface area contributed by atoms with E-state index in [9.17, 15) is 43.2 Å². The van der Waals surface area contributed by atoms with Crippen LogP contribution in [-0.2, 0) is 65.4 Å². The van der Waals surface area contributed by atoms with E-state index in [-0.39, 0.29) is 25.7 Å². The third kappa shape index (κ3) is 61.6. The van der Waals surface area contributed by atoms with Crippen LogP contribution >= 0.6 is 15.6 Å². The first-order valence-electron chi connectivity index (χ1n) is 35.7. The summed E-state index contributed by atoms with van der Waals surface area (Å²) in [5.41, 5.74) is 0. The first-order chi connectivity index (χ1) is 42.1. The van der Waals surface area contributed by atoms with Gasteiger partial charge in [-0.05, 0) is 49.4 Å². The number of phosphoric acid groups is 2. The van der Waals surface area contributed by atoms with Crippen molar-refractivity contribution >= 4 is 39.5 Å². The second kappa shape index (κ2) is 58.8. The zero-order valence-electron chi connectivity index (χ0n) is 57.3. The summed E-state index contributed by atoms with van der Waals surface area (Å²) in [6.07, 6.45) is 40.5. The summed E-state index contributed by atoms with van der Waals surface area (Å²) in [6.45, 7) is 14.0. The number of ether oxygens (including phenoxy) is 4. The molecule has 0 bridgehead atoms. The highest BCUT2D eigenvalue weighted by atomic mass is 31.2. The number of phosphoric ester groups is 2. The Balaban J connectivity index is 5.23. The minimum Gasteiger partial charge on any atom is -0.462 e. The average Bonchev–Trinajstić information content (AvgIpc) is 3.57. The van der Waals surface area contributed by atoms with Crippen LogP contribution in [0.1, 0.15) is 338 Å². The number of carbonyl (C=O) groups excluding carboxylic acids is 4. The number of carbonyl (C=O) groups is 4. The molecule has 0 fully saturated rings. The van der Waals surface area contributed by atoms with E-state index >= 15 is 0 Å². The summed E-state index contributed by atoms with van der Waals surface area (Å²) < 4.78 is 68.2. The summed E-state index contributed by atoms with van der Waals surface area (Å²) in [5.74, 6) is 0.814. The van der Waals surface area contributed by atoms with Gasteiger partial charge < -0.3 is 33.8 Å². The third-order valence-electron chi connectivity index (χ3n) is 16.2. The number of rotatable bonds is 66. The second-order valence-electron chi connectivity index (χ2n) is 26.6. The van der Waals surface area contributed by atoms with E-state index in [1.54, 1.807) is 0 Å². The fraction of sp³-hybridized carbons (Fsp3) is 0.942. The van der Waals surface area contributed by atoms with Crippen LogP contribution in [0, 0.1) is 23.7 Å². The first kappa shape index (κ1) is 86.1. The van der Waals surface area contributed by atoms with E-state index in [0.29, 0.717) is 37.5 Å². The SMILES string of the molecule is CCC(C)CCCCCCCCCCC(=O)O[C@H](COC(=O)CCCCCCCCC(C)C)COP(=O)(O)OCC(O)COP(=O)(O)OC[C@@H](COC(=O)CCCCCCCCCC(C)C)OC(=O)CCCCCCCCCCCCCCCCC(C)C. The Bertz CT molecular complexity index is 1750. The van der Waals surface area contributed by atoms with Crippen LogP contribution in [0.2, 0.25) is 0 Å². The normalized spacial score (nSPS) is 14.6. The quantitative estimate of drug-likeness (QED) is 0.0222. The Labute approximate surface area is 537 Å². The molecular weight excluding hydrogens is 1160 g/mol. The molecule has 3 N–H and O–H groups in total. The molecule has 0 aliphatic rings. The standard InChI is InChI=1S/C69H134O17P2/c1-9-62(8)48-40-32-23-18-19-25-36-44-52-69(74)86-65(56-80-67(72)50-42-34-28-27-31-39-47-61(6)7)58-84-88(77,78)82-54-63(70)53-81-87(75,76)83-57-64(55-79-66(71)49-41-33-26-20-22-30-38-46-60(4)5)85-68(73)51-43-35-24-17-15-13-11-10-12-14-16-21-29-37-45-59(2)3/h59-65,70H,9-58H2,1-8H3,(H,75,76)(H,77,78)/t62?,63?,64-,65-/m1/s1. The maximum Gasteiger partial charge on any atom is 0.472 e. The number of hydrogen-bond acceptors (Lipinski definition) is 15. The summed E-state index contributed by atoms with van der Waals surface area (Å²) in [5, 5.41) is 10.6.